The maximum atomic E-state index is 13.9. The Balaban J connectivity index is 1.96. The fourth-order valence-electron chi connectivity index (χ4n) is 3.39. The topological polar surface area (TPSA) is 29.1 Å². The van der Waals surface area contributed by atoms with Crippen molar-refractivity contribution in [3.05, 3.63) is 60.7 Å². The van der Waals surface area contributed by atoms with Gasteiger partial charge in [0, 0.05) is 16.7 Å². The number of rotatable bonds is 4. The van der Waals surface area contributed by atoms with E-state index in [0.717, 1.165) is 23.5 Å². The lowest BCUT2D eigenvalue weighted by Gasteiger charge is -2.24. The molecular weight excluding hydrogens is 289 g/mol. The summed E-state index contributed by atoms with van der Waals surface area (Å²) in [5, 5.41) is 5.33. The zero-order chi connectivity index (χ0) is 15.6. The number of hydrogen-bond donors (Lipinski definition) is 1. The highest BCUT2D eigenvalue weighted by Gasteiger charge is 2.35. The molecule has 0 bridgehead atoms. The first-order valence-electron chi connectivity index (χ1n) is 8.08. The van der Waals surface area contributed by atoms with Gasteiger partial charge in [-0.3, -0.25) is 9.65 Å². The zero-order valence-electron chi connectivity index (χ0n) is 13.3. The Hall–Kier alpha value is -1.37. The SMILES string of the molecule is C[C@@H]1CC(NP(=O)(c2ccccc2)c2ccccc2)C[C@@H]1C. The molecule has 1 unspecified atom stereocenters. The van der Waals surface area contributed by atoms with E-state index in [9.17, 15) is 4.57 Å². The minimum Gasteiger partial charge on any atom is -0.297 e. The van der Waals surface area contributed by atoms with E-state index in [0.29, 0.717) is 17.9 Å². The van der Waals surface area contributed by atoms with Crippen molar-refractivity contribution in [1.82, 2.24) is 5.09 Å². The van der Waals surface area contributed by atoms with Gasteiger partial charge in [0.25, 0.3) is 0 Å². The van der Waals surface area contributed by atoms with Gasteiger partial charge in [-0.15, -0.1) is 0 Å². The molecule has 1 saturated carbocycles. The lowest BCUT2D eigenvalue weighted by atomic mass is 10.0. The molecule has 2 aromatic carbocycles. The van der Waals surface area contributed by atoms with Crippen molar-refractivity contribution in [3.8, 4) is 0 Å². The molecule has 0 heterocycles. The van der Waals surface area contributed by atoms with Crippen molar-refractivity contribution in [2.75, 3.05) is 0 Å². The van der Waals surface area contributed by atoms with E-state index < -0.39 is 7.29 Å². The van der Waals surface area contributed by atoms with E-state index in [2.05, 4.69) is 18.9 Å². The monoisotopic (exact) mass is 313 g/mol. The average Bonchev–Trinajstić information content (AvgIpc) is 2.86. The van der Waals surface area contributed by atoms with Crippen LogP contribution in [0, 0.1) is 11.8 Å². The third kappa shape index (κ3) is 3.04. The Morgan fingerprint density at radius 1 is 0.818 bits per heavy atom. The Morgan fingerprint density at radius 3 is 1.64 bits per heavy atom. The normalized spacial score (nSPS) is 25.3. The fraction of sp³-hybridized carbons (Fsp3) is 0.368. The van der Waals surface area contributed by atoms with Crippen molar-refractivity contribution < 1.29 is 4.57 Å². The van der Waals surface area contributed by atoms with Gasteiger partial charge in [-0.2, -0.15) is 0 Å². The largest absolute Gasteiger partial charge is 0.297 e. The Kier molecular flexibility index (Phi) is 4.52. The van der Waals surface area contributed by atoms with Crippen molar-refractivity contribution in [3.63, 3.8) is 0 Å². The van der Waals surface area contributed by atoms with Crippen molar-refractivity contribution in [2.24, 2.45) is 11.8 Å². The molecule has 1 fully saturated rings. The molecule has 0 aliphatic heterocycles. The molecule has 0 aromatic heterocycles. The molecule has 3 rings (SSSR count). The van der Waals surface area contributed by atoms with Crippen LogP contribution in [0.3, 0.4) is 0 Å². The molecule has 116 valence electrons. The summed E-state index contributed by atoms with van der Waals surface area (Å²) in [5.41, 5.74) is 0. The standard InChI is InChI=1S/C19H24NOP/c1-15-13-17(14-16(15)2)20-22(21,18-9-5-3-6-10-18)19-11-7-4-8-12-19/h3-12,15-17H,13-14H2,1-2H3,(H,20,21)/t15-,16+,17?. The predicted octanol–water partition coefficient (Wildman–Crippen LogP) is 3.94. The molecule has 2 aromatic rings. The summed E-state index contributed by atoms with van der Waals surface area (Å²) >= 11 is 0. The highest BCUT2D eigenvalue weighted by Crippen LogP contribution is 2.43. The van der Waals surface area contributed by atoms with E-state index in [-0.39, 0.29) is 0 Å². The molecule has 0 amide bonds. The van der Waals surface area contributed by atoms with Gasteiger partial charge < -0.3 is 0 Å². The number of hydrogen-bond acceptors (Lipinski definition) is 1. The molecule has 22 heavy (non-hydrogen) atoms. The quantitative estimate of drug-likeness (QED) is 0.866. The first kappa shape index (κ1) is 15.5. The van der Waals surface area contributed by atoms with Crippen LogP contribution in [0.15, 0.2) is 60.7 Å². The van der Waals surface area contributed by atoms with E-state index in [1.807, 2.05) is 60.7 Å². The number of benzene rings is 2. The highest BCUT2D eigenvalue weighted by molar-refractivity contribution is 7.76. The van der Waals surface area contributed by atoms with Crippen LogP contribution in [0.5, 0.6) is 0 Å². The van der Waals surface area contributed by atoms with Crippen LogP contribution in [-0.4, -0.2) is 6.04 Å². The number of nitrogens with one attached hydrogen (secondary N) is 1. The van der Waals surface area contributed by atoms with E-state index in [4.69, 9.17) is 0 Å². The third-order valence-corrected chi connectivity index (χ3v) is 7.67. The van der Waals surface area contributed by atoms with E-state index >= 15 is 0 Å². The third-order valence-electron chi connectivity index (χ3n) is 4.89. The summed E-state index contributed by atoms with van der Waals surface area (Å²) in [7, 11) is -2.78. The van der Waals surface area contributed by atoms with Gasteiger partial charge in [-0.05, 0) is 48.9 Å². The van der Waals surface area contributed by atoms with Crippen molar-refractivity contribution >= 4 is 17.9 Å². The molecule has 3 atom stereocenters. The first-order valence-corrected chi connectivity index (χ1v) is 9.79. The van der Waals surface area contributed by atoms with Crippen LogP contribution in [0.1, 0.15) is 26.7 Å². The summed E-state index contributed by atoms with van der Waals surface area (Å²) in [5.74, 6) is 1.38. The summed E-state index contributed by atoms with van der Waals surface area (Å²) in [4.78, 5) is 0. The maximum Gasteiger partial charge on any atom is 0.204 e. The second-order valence-corrected chi connectivity index (χ2v) is 9.04. The Morgan fingerprint density at radius 2 is 1.23 bits per heavy atom. The minimum atomic E-state index is -2.78. The van der Waals surface area contributed by atoms with Crippen molar-refractivity contribution in [2.45, 2.75) is 32.7 Å². The molecule has 0 saturated heterocycles. The van der Waals surface area contributed by atoms with Gasteiger partial charge in [0.15, 0.2) is 0 Å². The van der Waals surface area contributed by atoms with E-state index in [1.54, 1.807) is 0 Å². The van der Waals surface area contributed by atoms with Gasteiger partial charge in [-0.25, -0.2) is 0 Å². The van der Waals surface area contributed by atoms with Crippen LogP contribution in [0.2, 0.25) is 0 Å². The molecule has 0 radical (unpaired) electrons. The molecule has 1 aliphatic rings. The van der Waals surface area contributed by atoms with Crippen molar-refractivity contribution in [1.29, 1.82) is 0 Å². The first-order chi connectivity index (χ1) is 10.6. The smallest absolute Gasteiger partial charge is 0.204 e. The highest BCUT2D eigenvalue weighted by atomic mass is 31.2. The average molecular weight is 313 g/mol. The fourth-order valence-corrected chi connectivity index (χ4v) is 5.90. The molecule has 1 N–H and O–H groups in total. The zero-order valence-corrected chi connectivity index (χ0v) is 14.2. The van der Waals surface area contributed by atoms with Gasteiger partial charge in [0.1, 0.15) is 0 Å². The lowest BCUT2D eigenvalue weighted by Crippen LogP contribution is -2.33. The second kappa shape index (κ2) is 6.40. The summed E-state index contributed by atoms with van der Waals surface area (Å²) in [6.45, 7) is 4.59. The van der Waals surface area contributed by atoms with Crippen LogP contribution < -0.4 is 15.7 Å². The Bertz CT molecular complexity index is 602. The predicted molar refractivity (Wildman–Crippen MR) is 94.2 cm³/mol. The summed E-state index contributed by atoms with van der Waals surface area (Å²) < 4.78 is 13.9. The van der Waals surface area contributed by atoms with Gasteiger partial charge in [0.05, 0.1) is 0 Å². The summed E-state index contributed by atoms with van der Waals surface area (Å²) in [6.07, 6.45) is 2.20. The molecule has 3 heteroatoms. The van der Waals surface area contributed by atoms with Gasteiger partial charge >= 0.3 is 0 Å². The van der Waals surface area contributed by atoms with Crippen LogP contribution in [-0.2, 0) is 4.57 Å². The van der Waals surface area contributed by atoms with Crippen LogP contribution in [0.25, 0.3) is 0 Å². The molecule has 2 nitrogen and oxygen atoms in total. The molecular formula is C19H24NOP. The lowest BCUT2D eigenvalue weighted by molar-refractivity contribution is 0.457. The minimum absolute atomic E-state index is 0.330. The Labute approximate surface area is 133 Å². The van der Waals surface area contributed by atoms with Crippen LogP contribution >= 0.6 is 7.29 Å². The molecule has 0 spiro atoms. The van der Waals surface area contributed by atoms with Gasteiger partial charge in [0.2, 0.25) is 7.29 Å². The maximum absolute atomic E-state index is 13.9. The second-order valence-electron chi connectivity index (χ2n) is 6.53. The van der Waals surface area contributed by atoms with Crippen LogP contribution in [0.4, 0.5) is 0 Å². The van der Waals surface area contributed by atoms with Gasteiger partial charge in [-0.1, -0.05) is 50.2 Å². The van der Waals surface area contributed by atoms with E-state index in [1.165, 1.54) is 0 Å². The molecule has 1 aliphatic carbocycles. The summed E-state index contributed by atoms with van der Waals surface area (Å²) in [6, 6.07) is 20.0.